The Bertz CT molecular complexity index is 941. The van der Waals surface area contributed by atoms with Gasteiger partial charge in [0.15, 0.2) is 0 Å². The molecule has 1 aromatic heterocycles. The monoisotopic (exact) mass is 341 g/mol. The quantitative estimate of drug-likeness (QED) is 0.628. The van der Waals surface area contributed by atoms with Crippen molar-refractivity contribution in [3.8, 4) is 11.3 Å². The van der Waals surface area contributed by atoms with Gasteiger partial charge in [-0.2, -0.15) is 5.10 Å². The first-order chi connectivity index (χ1) is 11.1. The average molecular weight is 342 g/mol. The Kier molecular flexibility index (Phi) is 3.47. The van der Waals surface area contributed by atoms with Crippen LogP contribution in [-0.4, -0.2) is 15.5 Å². The van der Waals surface area contributed by atoms with Crippen LogP contribution in [0.2, 0.25) is 10.0 Å². The first kappa shape index (κ1) is 14.5. The van der Waals surface area contributed by atoms with Gasteiger partial charge < -0.3 is 0 Å². The van der Waals surface area contributed by atoms with E-state index in [1.807, 2.05) is 60.4 Å². The van der Waals surface area contributed by atoms with E-state index in [4.69, 9.17) is 28.2 Å². The summed E-state index contributed by atoms with van der Waals surface area (Å²) in [6.45, 7) is 0.566. The molecule has 4 rings (SSSR count). The molecule has 1 aliphatic rings. The number of aliphatic imine (C=N–C) groups is 1. The molecule has 114 valence electrons. The van der Waals surface area contributed by atoms with E-state index in [2.05, 4.69) is 5.10 Å². The van der Waals surface area contributed by atoms with Gasteiger partial charge in [-0.3, -0.25) is 9.67 Å². The second-order valence-corrected chi connectivity index (χ2v) is 6.35. The number of nitrogens with zero attached hydrogens (tertiary/aromatic N) is 3. The minimum atomic E-state index is 0.566. The SMILES string of the molecule is Cn1cc2c(n1)-c1ccc(Cl)cc1C(c1ccccc1Cl)=NC2. The number of hydrogen-bond donors (Lipinski definition) is 0. The maximum atomic E-state index is 6.39. The molecule has 0 fully saturated rings. The molecule has 0 atom stereocenters. The highest BCUT2D eigenvalue weighted by Gasteiger charge is 2.22. The normalized spacial score (nSPS) is 13.1. The van der Waals surface area contributed by atoms with Crippen molar-refractivity contribution in [3.05, 3.63) is 75.4 Å². The van der Waals surface area contributed by atoms with E-state index < -0.39 is 0 Å². The zero-order valence-electron chi connectivity index (χ0n) is 12.4. The minimum Gasteiger partial charge on any atom is -0.279 e. The lowest BCUT2D eigenvalue weighted by Crippen LogP contribution is -2.06. The highest BCUT2D eigenvalue weighted by Crippen LogP contribution is 2.34. The Labute approximate surface area is 144 Å². The van der Waals surface area contributed by atoms with Crippen LogP contribution in [0.25, 0.3) is 11.3 Å². The topological polar surface area (TPSA) is 30.2 Å². The number of halogens is 2. The van der Waals surface area contributed by atoms with E-state index in [1.54, 1.807) is 0 Å². The Balaban J connectivity index is 2.01. The van der Waals surface area contributed by atoms with E-state index >= 15 is 0 Å². The van der Waals surface area contributed by atoms with Gasteiger partial charge in [-0.05, 0) is 18.2 Å². The fourth-order valence-electron chi connectivity index (χ4n) is 2.93. The van der Waals surface area contributed by atoms with Gasteiger partial charge in [-0.15, -0.1) is 0 Å². The van der Waals surface area contributed by atoms with Crippen molar-refractivity contribution in [3.63, 3.8) is 0 Å². The predicted octanol–water partition coefficient (Wildman–Crippen LogP) is 4.74. The van der Waals surface area contributed by atoms with Crippen molar-refractivity contribution < 1.29 is 0 Å². The molecule has 3 nitrogen and oxygen atoms in total. The van der Waals surface area contributed by atoms with Crippen LogP contribution in [0, 0.1) is 0 Å². The predicted molar refractivity (Wildman–Crippen MR) is 94.4 cm³/mol. The molecular weight excluding hydrogens is 329 g/mol. The van der Waals surface area contributed by atoms with Crippen LogP contribution in [0.15, 0.2) is 53.7 Å². The van der Waals surface area contributed by atoms with E-state index in [-0.39, 0.29) is 0 Å². The summed E-state index contributed by atoms with van der Waals surface area (Å²) in [5.41, 5.74) is 5.80. The lowest BCUT2D eigenvalue weighted by molar-refractivity contribution is 0.769. The van der Waals surface area contributed by atoms with Crippen LogP contribution >= 0.6 is 23.2 Å². The standard InChI is InChI=1S/C18H13Cl2N3/c1-23-10-11-9-21-18(14-4-2-3-5-16(14)20)15-8-12(19)6-7-13(15)17(11)22-23/h2-8,10H,9H2,1H3. The molecule has 0 aliphatic carbocycles. The van der Waals surface area contributed by atoms with Crippen LogP contribution in [0.3, 0.4) is 0 Å². The van der Waals surface area contributed by atoms with Crippen molar-refractivity contribution in [2.45, 2.75) is 6.54 Å². The van der Waals surface area contributed by atoms with Gasteiger partial charge in [0.05, 0.1) is 18.0 Å². The number of aromatic nitrogens is 2. The lowest BCUT2D eigenvalue weighted by Gasteiger charge is -2.11. The molecule has 0 amide bonds. The molecular formula is C18H13Cl2N3. The average Bonchev–Trinajstić information content (AvgIpc) is 2.83. The van der Waals surface area contributed by atoms with Crippen LogP contribution in [0.4, 0.5) is 0 Å². The van der Waals surface area contributed by atoms with Crippen molar-refractivity contribution in [1.29, 1.82) is 0 Å². The lowest BCUT2D eigenvalue weighted by atomic mass is 9.95. The summed E-state index contributed by atoms with van der Waals surface area (Å²) in [5, 5.41) is 5.95. The summed E-state index contributed by atoms with van der Waals surface area (Å²) in [6, 6.07) is 13.6. The first-order valence-corrected chi connectivity index (χ1v) is 8.01. The van der Waals surface area contributed by atoms with Gasteiger partial charge in [-0.25, -0.2) is 0 Å². The second kappa shape index (κ2) is 5.52. The summed E-state index contributed by atoms with van der Waals surface area (Å²) in [4.78, 5) is 4.81. The van der Waals surface area contributed by atoms with Gasteiger partial charge in [0.2, 0.25) is 0 Å². The summed E-state index contributed by atoms with van der Waals surface area (Å²) in [6.07, 6.45) is 2.01. The molecule has 0 radical (unpaired) electrons. The van der Waals surface area contributed by atoms with Crippen LogP contribution in [0.1, 0.15) is 16.7 Å². The number of rotatable bonds is 1. The van der Waals surface area contributed by atoms with Gasteiger partial charge in [0.25, 0.3) is 0 Å². The van der Waals surface area contributed by atoms with Crippen LogP contribution < -0.4 is 0 Å². The molecule has 0 spiro atoms. The first-order valence-electron chi connectivity index (χ1n) is 7.25. The highest BCUT2D eigenvalue weighted by atomic mass is 35.5. The fourth-order valence-corrected chi connectivity index (χ4v) is 3.33. The van der Waals surface area contributed by atoms with Crippen molar-refractivity contribution >= 4 is 28.9 Å². The summed E-state index contributed by atoms with van der Waals surface area (Å²) in [7, 11) is 1.92. The maximum absolute atomic E-state index is 6.39. The molecule has 2 heterocycles. The summed E-state index contributed by atoms with van der Waals surface area (Å²) >= 11 is 12.6. The van der Waals surface area contributed by atoms with E-state index in [9.17, 15) is 0 Å². The third-order valence-electron chi connectivity index (χ3n) is 3.93. The third-order valence-corrected chi connectivity index (χ3v) is 4.50. The van der Waals surface area contributed by atoms with Gasteiger partial charge in [0, 0.05) is 45.5 Å². The molecule has 3 aromatic rings. The zero-order valence-corrected chi connectivity index (χ0v) is 13.9. The Morgan fingerprint density at radius 1 is 1.00 bits per heavy atom. The van der Waals surface area contributed by atoms with Gasteiger partial charge in [-0.1, -0.05) is 47.5 Å². The zero-order chi connectivity index (χ0) is 16.0. The fraction of sp³-hybridized carbons (Fsp3) is 0.111. The van der Waals surface area contributed by atoms with Crippen LogP contribution in [-0.2, 0) is 13.6 Å². The maximum Gasteiger partial charge on any atom is 0.0980 e. The Morgan fingerprint density at radius 3 is 2.65 bits per heavy atom. The molecule has 0 unspecified atom stereocenters. The van der Waals surface area contributed by atoms with E-state index in [0.717, 1.165) is 33.7 Å². The minimum absolute atomic E-state index is 0.566. The molecule has 5 heteroatoms. The van der Waals surface area contributed by atoms with Crippen molar-refractivity contribution in [2.24, 2.45) is 12.0 Å². The summed E-state index contributed by atoms with van der Waals surface area (Å²) < 4.78 is 1.82. The van der Waals surface area contributed by atoms with Crippen molar-refractivity contribution in [1.82, 2.24) is 9.78 Å². The Morgan fingerprint density at radius 2 is 1.83 bits per heavy atom. The highest BCUT2D eigenvalue weighted by molar-refractivity contribution is 6.36. The molecule has 2 aromatic carbocycles. The molecule has 0 saturated heterocycles. The number of hydrogen-bond acceptors (Lipinski definition) is 2. The molecule has 23 heavy (non-hydrogen) atoms. The number of aryl methyl sites for hydroxylation is 1. The Hall–Kier alpha value is -2.10. The van der Waals surface area contributed by atoms with Gasteiger partial charge in [0.1, 0.15) is 0 Å². The molecule has 0 bridgehead atoms. The van der Waals surface area contributed by atoms with Crippen molar-refractivity contribution in [2.75, 3.05) is 0 Å². The summed E-state index contributed by atoms with van der Waals surface area (Å²) in [5.74, 6) is 0. The largest absolute Gasteiger partial charge is 0.279 e. The smallest absolute Gasteiger partial charge is 0.0980 e. The number of fused-ring (bicyclic) bond motifs is 3. The van der Waals surface area contributed by atoms with Gasteiger partial charge >= 0.3 is 0 Å². The molecule has 0 N–H and O–H groups in total. The van der Waals surface area contributed by atoms with E-state index in [1.165, 1.54) is 0 Å². The number of benzene rings is 2. The molecule has 1 aliphatic heterocycles. The van der Waals surface area contributed by atoms with Crippen LogP contribution in [0.5, 0.6) is 0 Å². The third kappa shape index (κ3) is 2.46. The van der Waals surface area contributed by atoms with E-state index in [0.29, 0.717) is 16.6 Å². The molecule has 0 saturated carbocycles. The second-order valence-electron chi connectivity index (χ2n) is 5.51.